The second-order valence-corrected chi connectivity index (χ2v) is 3.32. The molecule has 0 saturated heterocycles. The van der Waals surface area contributed by atoms with Crippen molar-refractivity contribution in [2.24, 2.45) is 0 Å². The van der Waals surface area contributed by atoms with Crippen LogP contribution in [0.25, 0.3) is 0 Å². The van der Waals surface area contributed by atoms with Gasteiger partial charge >= 0.3 is 0 Å². The Morgan fingerprint density at radius 2 is 2.29 bits per heavy atom. The molecule has 1 aromatic rings. The van der Waals surface area contributed by atoms with E-state index in [0.29, 0.717) is 23.1 Å². The van der Waals surface area contributed by atoms with Gasteiger partial charge < -0.3 is 0 Å². The summed E-state index contributed by atoms with van der Waals surface area (Å²) in [7, 11) is 0. The van der Waals surface area contributed by atoms with E-state index in [1.807, 2.05) is 0 Å². The molecule has 0 aliphatic heterocycles. The predicted octanol–water partition coefficient (Wildman–Crippen LogP) is 3.04. The highest BCUT2D eigenvalue weighted by molar-refractivity contribution is 9.08. The summed E-state index contributed by atoms with van der Waals surface area (Å²) in [6.45, 7) is 1.54. The first kappa shape index (κ1) is 11.2. The van der Waals surface area contributed by atoms with Crippen LogP contribution in [0.5, 0.6) is 0 Å². The molecule has 0 bridgehead atoms. The normalized spacial score (nSPS) is 10.6. The molecule has 1 aromatic heterocycles. The zero-order valence-electron chi connectivity index (χ0n) is 7.43. The third-order valence-electron chi connectivity index (χ3n) is 1.84. The lowest BCUT2D eigenvalue weighted by atomic mass is 10.1. The first-order valence-electron chi connectivity index (χ1n) is 3.89. The summed E-state index contributed by atoms with van der Waals surface area (Å²) in [5.74, 6) is 0. The van der Waals surface area contributed by atoms with Crippen LogP contribution in [0.15, 0.2) is 6.07 Å². The van der Waals surface area contributed by atoms with E-state index < -0.39 is 6.43 Å². The molecule has 0 aromatic carbocycles. The second kappa shape index (κ2) is 4.59. The Bertz CT molecular complexity index is 355. The van der Waals surface area contributed by atoms with E-state index in [9.17, 15) is 13.6 Å². The van der Waals surface area contributed by atoms with Gasteiger partial charge in [0.1, 0.15) is 5.69 Å². The fourth-order valence-corrected chi connectivity index (χ4v) is 1.55. The van der Waals surface area contributed by atoms with E-state index in [4.69, 9.17) is 0 Å². The Kier molecular flexibility index (Phi) is 3.69. The van der Waals surface area contributed by atoms with Gasteiger partial charge in [-0.05, 0) is 18.6 Å². The van der Waals surface area contributed by atoms with E-state index in [2.05, 4.69) is 20.9 Å². The van der Waals surface area contributed by atoms with Gasteiger partial charge in [0, 0.05) is 16.6 Å². The van der Waals surface area contributed by atoms with Crippen molar-refractivity contribution in [1.82, 2.24) is 4.98 Å². The lowest BCUT2D eigenvalue weighted by molar-refractivity contribution is 0.112. The number of pyridine rings is 1. The van der Waals surface area contributed by atoms with Crippen LogP contribution in [0.3, 0.4) is 0 Å². The molecule has 0 spiro atoms. The molecule has 0 saturated carbocycles. The minimum absolute atomic E-state index is 0.259. The number of nitrogens with zero attached hydrogens (tertiary/aromatic N) is 1. The smallest absolute Gasteiger partial charge is 0.280 e. The van der Waals surface area contributed by atoms with Crippen LogP contribution in [-0.4, -0.2) is 11.3 Å². The number of carbonyl (C=O) groups is 1. The first-order valence-corrected chi connectivity index (χ1v) is 5.02. The summed E-state index contributed by atoms with van der Waals surface area (Å²) in [5.41, 5.74) is 0.779. The fraction of sp³-hybridized carbons (Fsp3) is 0.333. The van der Waals surface area contributed by atoms with E-state index in [0.717, 1.165) is 0 Å². The molecule has 76 valence electrons. The quantitative estimate of drug-likeness (QED) is 0.620. The maximum absolute atomic E-state index is 12.5. The van der Waals surface area contributed by atoms with Crippen molar-refractivity contribution in [1.29, 1.82) is 0 Å². The monoisotopic (exact) mass is 263 g/mol. The van der Waals surface area contributed by atoms with Gasteiger partial charge in [-0.1, -0.05) is 15.9 Å². The highest BCUT2D eigenvalue weighted by Crippen LogP contribution is 2.24. The summed E-state index contributed by atoms with van der Waals surface area (Å²) >= 11 is 3.08. The van der Waals surface area contributed by atoms with E-state index in [1.165, 1.54) is 13.0 Å². The van der Waals surface area contributed by atoms with Gasteiger partial charge in [-0.3, -0.25) is 9.78 Å². The SMILES string of the molecule is Cc1nc(C(F)F)c(CBr)cc1C=O. The van der Waals surface area contributed by atoms with Crippen molar-refractivity contribution < 1.29 is 13.6 Å². The van der Waals surface area contributed by atoms with Crippen molar-refractivity contribution in [2.75, 3.05) is 0 Å². The number of aldehydes is 1. The van der Waals surface area contributed by atoms with Gasteiger partial charge in [-0.2, -0.15) is 0 Å². The van der Waals surface area contributed by atoms with Crippen LogP contribution in [0.4, 0.5) is 8.78 Å². The largest absolute Gasteiger partial charge is 0.298 e. The van der Waals surface area contributed by atoms with Crippen LogP contribution in [-0.2, 0) is 5.33 Å². The van der Waals surface area contributed by atoms with Gasteiger partial charge in [0.25, 0.3) is 6.43 Å². The predicted molar refractivity (Wildman–Crippen MR) is 51.9 cm³/mol. The molecule has 0 aliphatic carbocycles. The fourth-order valence-electron chi connectivity index (χ4n) is 1.10. The molecule has 0 fully saturated rings. The van der Waals surface area contributed by atoms with Crippen molar-refractivity contribution in [3.8, 4) is 0 Å². The van der Waals surface area contributed by atoms with Crippen LogP contribution in [0.2, 0.25) is 0 Å². The summed E-state index contributed by atoms with van der Waals surface area (Å²) in [4.78, 5) is 14.2. The van der Waals surface area contributed by atoms with Crippen molar-refractivity contribution in [3.63, 3.8) is 0 Å². The zero-order chi connectivity index (χ0) is 10.7. The molecule has 5 heteroatoms. The number of aromatic nitrogens is 1. The van der Waals surface area contributed by atoms with Crippen LogP contribution >= 0.6 is 15.9 Å². The Balaban J connectivity index is 3.31. The van der Waals surface area contributed by atoms with Crippen LogP contribution < -0.4 is 0 Å². The Hall–Kier alpha value is -0.840. The molecule has 14 heavy (non-hydrogen) atoms. The number of aryl methyl sites for hydroxylation is 1. The van der Waals surface area contributed by atoms with E-state index >= 15 is 0 Å². The third-order valence-corrected chi connectivity index (χ3v) is 2.45. The molecule has 0 aliphatic rings. The summed E-state index contributed by atoms with van der Waals surface area (Å²) in [5, 5.41) is 0.265. The van der Waals surface area contributed by atoms with Crippen molar-refractivity contribution >= 4 is 22.2 Å². The number of hydrogen-bond donors (Lipinski definition) is 0. The minimum Gasteiger partial charge on any atom is -0.298 e. The number of rotatable bonds is 3. The maximum atomic E-state index is 12.5. The molecule has 2 nitrogen and oxygen atoms in total. The minimum atomic E-state index is -2.61. The van der Waals surface area contributed by atoms with Gasteiger partial charge in [0.2, 0.25) is 0 Å². The third kappa shape index (κ3) is 2.15. The molecular formula is C9H8BrF2NO. The van der Waals surface area contributed by atoms with Crippen LogP contribution in [0.1, 0.15) is 33.7 Å². The average molecular weight is 264 g/mol. The van der Waals surface area contributed by atoms with Crippen molar-refractivity contribution in [3.05, 3.63) is 28.6 Å². The summed E-state index contributed by atoms with van der Waals surface area (Å²) in [6, 6.07) is 1.44. The van der Waals surface area contributed by atoms with Crippen LogP contribution in [0, 0.1) is 6.92 Å². The zero-order valence-corrected chi connectivity index (χ0v) is 9.01. The first-order chi connectivity index (χ1) is 6.60. The highest BCUT2D eigenvalue weighted by Gasteiger charge is 2.16. The summed E-state index contributed by atoms with van der Waals surface area (Å²) < 4.78 is 24.9. The van der Waals surface area contributed by atoms with E-state index in [-0.39, 0.29) is 11.0 Å². The molecular weight excluding hydrogens is 256 g/mol. The molecule has 0 radical (unpaired) electrons. The van der Waals surface area contributed by atoms with Crippen molar-refractivity contribution in [2.45, 2.75) is 18.7 Å². The topological polar surface area (TPSA) is 30.0 Å². The number of carbonyl (C=O) groups excluding carboxylic acids is 1. The molecule has 1 rings (SSSR count). The summed E-state index contributed by atoms with van der Waals surface area (Å²) in [6.07, 6.45) is -1.99. The lowest BCUT2D eigenvalue weighted by Crippen LogP contribution is -2.02. The standard InChI is InChI=1S/C9H8BrF2NO/c1-5-7(4-14)2-6(3-10)8(13-5)9(11)12/h2,4,9H,3H2,1H3. The molecule has 0 unspecified atom stereocenters. The molecule has 1 heterocycles. The average Bonchev–Trinajstić information content (AvgIpc) is 2.17. The second-order valence-electron chi connectivity index (χ2n) is 2.76. The van der Waals surface area contributed by atoms with Gasteiger partial charge in [-0.25, -0.2) is 8.78 Å². The van der Waals surface area contributed by atoms with Gasteiger partial charge in [-0.15, -0.1) is 0 Å². The Labute approximate surface area is 88.5 Å². The Morgan fingerprint density at radius 3 is 2.71 bits per heavy atom. The molecule has 0 N–H and O–H groups in total. The Morgan fingerprint density at radius 1 is 1.64 bits per heavy atom. The van der Waals surface area contributed by atoms with Gasteiger partial charge in [0.15, 0.2) is 6.29 Å². The number of hydrogen-bond acceptors (Lipinski definition) is 2. The van der Waals surface area contributed by atoms with E-state index in [1.54, 1.807) is 0 Å². The lowest BCUT2D eigenvalue weighted by Gasteiger charge is -2.08. The molecule has 0 atom stereocenters. The van der Waals surface area contributed by atoms with Gasteiger partial charge in [0.05, 0.1) is 0 Å². The number of halogens is 3. The maximum Gasteiger partial charge on any atom is 0.280 e. The molecule has 0 amide bonds. The number of alkyl halides is 3. The highest BCUT2D eigenvalue weighted by atomic mass is 79.9.